The molecule has 3 aromatic heterocycles. The number of nitrogens with one attached hydrogen (secondary N) is 1. The number of rotatable bonds is 4. The van der Waals surface area contributed by atoms with E-state index in [0.29, 0.717) is 21.7 Å². The van der Waals surface area contributed by atoms with Crippen molar-refractivity contribution >= 4 is 50.4 Å². The van der Waals surface area contributed by atoms with Gasteiger partial charge in [-0.15, -0.1) is 22.7 Å². The number of likely N-dealkylation sites (N-methyl/N-ethyl adjacent to an activating group) is 1. The van der Waals surface area contributed by atoms with Crippen LogP contribution in [0.25, 0.3) is 20.7 Å². The molecule has 1 N–H and O–H groups in total. The van der Waals surface area contributed by atoms with Gasteiger partial charge in [0.05, 0.1) is 23.9 Å². The number of hydrogen-bond donors (Lipinski definition) is 1. The largest absolute Gasteiger partial charge is 0.477 e. The van der Waals surface area contributed by atoms with Gasteiger partial charge in [0.2, 0.25) is 5.91 Å². The summed E-state index contributed by atoms with van der Waals surface area (Å²) < 4.78 is 7.08. The van der Waals surface area contributed by atoms with Crippen LogP contribution in [0, 0.1) is 0 Å². The lowest BCUT2D eigenvalue weighted by molar-refractivity contribution is -0.128. The zero-order valence-electron chi connectivity index (χ0n) is 17.0. The Morgan fingerprint density at radius 1 is 1.22 bits per heavy atom. The summed E-state index contributed by atoms with van der Waals surface area (Å²) in [5.74, 6) is -0.207. The molecule has 1 aliphatic rings. The van der Waals surface area contributed by atoms with E-state index in [-0.39, 0.29) is 30.5 Å². The molecule has 4 heterocycles. The van der Waals surface area contributed by atoms with Gasteiger partial charge in [-0.1, -0.05) is 18.2 Å². The molecule has 1 aliphatic heterocycles. The Morgan fingerprint density at radius 2 is 2.06 bits per heavy atom. The van der Waals surface area contributed by atoms with Gasteiger partial charge >= 0.3 is 0 Å². The molecule has 0 radical (unpaired) electrons. The summed E-state index contributed by atoms with van der Waals surface area (Å²) in [6.07, 6.45) is 0.568. The van der Waals surface area contributed by atoms with Gasteiger partial charge in [-0.3, -0.25) is 19.0 Å². The minimum Gasteiger partial charge on any atom is -0.477 e. The van der Waals surface area contributed by atoms with Crippen molar-refractivity contribution in [2.45, 2.75) is 12.6 Å². The molecule has 0 fully saturated rings. The smallest absolute Gasteiger partial charge is 0.263 e. The lowest BCUT2D eigenvalue weighted by Crippen LogP contribution is -2.51. The normalized spacial score (nSPS) is 15.3. The zero-order chi connectivity index (χ0) is 22.2. The molecule has 0 bridgehead atoms. The third-order valence-electron chi connectivity index (χ3n) is 5.27. The number of aromatic nitrogens is 2. The molecular weight excluding hydrogens is 448 g/mol. The first-order chi connectivity index (χ1) is 15.6. The third kappa shape index (κ3) is 3.47. The van der Waals surface area contributed by atoms with E-state index in [1.165, 1.54) is 34.2 Å². The van der Waals surface area contributed by atoms with E-state index in [2.05, 4.69) is 10.3 Å². The van der Waals surface area contributed by atoms with Crippen LogP contribution in [-0.4, -0.2) is 41.1 Å². The molecule has 0 saturated carbocycles. The van der Waals surface area contributed by atoms with E-state index in [4.69, 9.17) is 4.74 Å². The van der Waals surface area contributed by atoms with Crippen LogP contribution in [-0.2, 0) is 16.1 Å². The Bertz CT molecular complexity index is 1380. The molecule has 0 saturated heterocycles. The van der Waals surface area contributed by atoms with Crippen molar-refractivity contribution in [2.75, 3.05) is 18.5 Å². The van der Waals surface area contributed by atoms with Crippen LogP contribution in [0.5, 0.6) is 5.75 Å². The fraction of sp³-hybridized carbons (Fsp3) is 0.182. The van der Waals surface area contributed by atoms with Crippen molar-refractivity contribution in [3.05, 3.63) is 63.8 Å². The molecule has 1 atom stereocenters. The summed E-state index contributed by atoms with van der Waals surface area (Å²) in [5, 5.41) is 6.94. The topological polar surface area (TPSA) is 93.5 Å². The van der Waals surface area contributed by atoms with E-state index >= 15 is 0 Å². The van der Waals surface area contributed by atoms with Gasteiger partial charge < -0.3 is 15.0 Å². The van der Waals surface area contributed by atoms with Crippen LogP contribution >= 0.6 is 22.7 Å². The van der Waals surface area contributed by atoms with Gasteiger partial charge in [-0.05, 0) is 23.6 Å². The molecular formula is C22H18N4O4S2. The summed E-state index contributed by atoms with van der Waals surface area (Å²) >= 11 is 2.95. The predicted molar refractivity (Wildman–Crippen MR) is 124 cm³/mol. The first-order valence-corrected chi connectivity index (χ1v) is 11.6. The summed E-state index contributed by atoms with van der Waals surface area (Å²) in [4.78, 5) is 46.2. The molecule has 32 heavy (non-hydrogen) atoms. The van der Waals surface area contributed by atoms with Crippen molar-refractivity contribution in [1.82, 2.24) is 14.9 Å². The Balaban J connectivity index is 1.50. The van der Waals surface area contributed by atoms with E-state index in [1.807, 2.05) is 22.9 Å². The molecule has 5 rings (SSSR count). The molecule has 10 heteroatoms. The van der Waals surface area contributed by atoms with Crippen LogP contribution in [0.1, 0.15) is 0 Å². The fourth-order valence-corrected chi connectivity index (χ4v) is 5.41. The molecule has 2 amide bonds. The first-order valence-electron chi connectivity index (χ1n) is 9.85. The highest BCUT2D eigenvalue weighted by atomic mass is 32.1. The number of carbonyl (C=O) groups is 2. The number of carbonyl (C=O) groups excluding carboxylic acids is 2. The summed E-state index contributed by atoms with van der Waals surface area (Å²) in [6, 6.07) is 10.9. The molecule has 1 aromatic carbocycles. The number of nitrogens with zero attached hydrogens (tertiary/aromatic N) is 3. The van der Waals surface area contributed by atoms with E-state index in [1.54, 1.807) is 35.6 Å². The highest BCUT2D eigenvalue weighted by Crippen LogP contribution is 2.34. The monoisotopic (exact) mass is 466 g/mol. The van der Waals surface area contributed by atoms with Gasteiger partial charge in [0.25, 0.3) is 11.5 Å². The number of para-hydroxylation sites is 2. The highest BCUT2D eigenvalue weighted by molar-refractivity contribution is 7.18. The Hall–Kier alpha value is -3.50. The average Bonchev–Trinajstić information content (AvgIpc) is 3.49. The van der Waals surface area contributed by atoms with E-state index < -0.39 is 6.10 Å². The second kappa shape index (κ2) is 8.21. The molecule has 0 spiro atoms. The summed E-state index contributed by atoms with van der Waals surface area (Å²) in [6.45, 7) is -0.144. The van der Waals surface area contributed by atoms with Gasteiger partial charge in [0.15, 0.2) is 6.10 Å². The van der Waals surface area contributed by atoms with Crippen molar-refractivity contribution in [3.63, 3.8) is 0 Å². The maximum Gasteiger partial charge on any atom is 0.263 e. The molecule has 8 nitrogen and oxygen atoms in total. The first kappa shape index (κ1) is 20.4. The number of ether oxygens (including phenoxy) is 1. The maximum absolute atomic E-state index is 13.3. The Kier molecular flexibility index (Phi) is 5.24. The number of fused-ring (bicyclic) bond motifs is 2. The molecule has 0 aliphatic carbocycles. The zero-order valence-corrected chi connectivity index (χ0v) is 18.6. The third-order valence-corrected chi connectivity index (χ3v) is 7.06. The summed E-state index contributed by atoms with van der Waals surface area (Å²) in [5.41, 5.74) is 1.13. The maximum atomic E-state index is 13.3. The number of amides is 2. The number of anilines is 1. The van der Waals surface area contributed by atoms with Crippen molar-refractivity contribution in [3.8, 4) is 16.2 Å². The number of thiophene rings is 2. The second-order valence-electron chi connectivity index (χ2n) is 7.18. The fourth-order valence-electron chi connectivity index (χ4n) is 3.69. The van der Waals surface area contributed by atoms with Gasteiger partial charge in [0, 0.05) is 22.9 Å². The van der Waals surface area contributed by atoms with Crippen LogP contribution in [0.15, 0.2) is 58.3 Å². The van der Waals surface area contributed by atoms with E-state index in [0.717, 1.165) is 10.4 Å². The van der Waals surface area contributed by atoms with Crippen molar-refractivity contribution in [1.29, 1.82) is 0 Å². The number of hydrogen-bond acceptors (Lipinski definition) is 7. The minimum atomic E-state index is -0.835. The Labute approximate surface area is 190 Å². The van der Waals surface area contributed by atoms with E-state index in [9.17, 15) is 14.4 Å². The molecule has 162 valence electrons. The molecule has 1 unspecified atom stereocenters. The van der Waals surface area contributed by atoms with Crippen LogP contribution < -0.4 is 20.5 Å². The van der Waals surface area contributed by atoms with Crippen LogP contribution in [0.4, 0.5) is 5.69 Å². The SMILES string of the molecule is CNC(=O)C1CN(C(=O)Cn2cnc3scc(-c4cccs4)c3c2=O)c2ccccc2O1. The quantitative estimate of drug-likeness (QED) is 0.499. The Morgan fingerprint density at radius 3 is 2.84 bits per heavy atom. The van der Waals surface area contributed by atoms with Gasteiger partial charge in [0.1, 0.15) is 17.1 Å². The van der Waals surface area contributed by atoms with Crippen LogP contribution in [0.2, 0.25) is 0 Å². The second-order valence-corrected chi connectivity index (χ2v) is 8.98. The lowest BCUT2D eigenvalue weighted by Gasteiger charge is -2.34. The van der Waals surface area contributed by atoms with Crippen molar-refractivity contribution < 1.29 is 14.3 Å². The standard InChI is InChI=1S/C22H18N4O4S2/c1-23-20(28)16-9-26(14-5-2-3-6-15(14)30-16)18(27)10-25-12-24-21-19(22(25)29)13(11-32-21)17-7-4-8-31-17/h2-8,11-12,16H,9-10H2,1H3,(H,23,28). The minimum absolute atomic E-state index is 0.0544. The lowest BCUT2D eigenvalue weighted by atomic mass is 10.1. The highest BCUT2D eigenvalue weighted by Gasteiger charge is 2.33. The predicted octanol–water partition coefficient (Wildman–Crippen LogP) is 2.73. The summed E-state index contributed by atoms with van der Waals surface area (Å²) in [7, 11) is 1.52. The van der Waals surface area contributed by atoms with Gasteiger partial charge in [-0.2, -0.15) is 0 Å². The van der Waals surface area contributed by atoms with Crippen molar-refractivity contribution in [2.24, 2.45) is 0 Å². The molecule has 4 aromatic rings. The van der Waals surface area contributed by atoms with Gasteiger partial charge in [-0.25, -0.2) is 4.98 Å². The number of benzene rings is 1. The average molecular weight is 467 g/mol. The van der Waals surface area contributed by atoms with Crippen LogP contribution in [0.3, 0.4) is 0 Å².